The highest BCUT2D eigenvalue weighted by Gasteiger charge is 2.38. The van der Waals surface area contributed by atoms with E-state index in [1.807, 2.05) is 32.0 Å². The van der Waals surface area contributed by atoms with Gasteiger partial charge in [-0.25, -0.2) is 4.99 Å². The van der Waals surface area contributed by atoms with Gasteiger partial charge in [-0.3, -0.25) is 14.5 Å². The first-order chi connectivity index (χ1) is 20.5. The van der Waals surface area contributed by atoms with Gasteiger partial charge in [0.2, 0.25) is 5.91 Å². The Morgan fingerprint density at radius 3 is 2.47 bits per heavy atom. The van der Waals surface area contributed by atoms with E-state index < -0.39 is 12.3 Å². The van der Waals surface area contributed by atoms with Crippen molar-refractivity contribution in [1.29, 1.82) is 0 Å². The number of nitrogens with zero attached hydrogens (tertiary/aromatic N) is 2. The van der Waals surface area contributed by atoms with Gasteiger partial charge in [-0.2, -0.15) is 13.2 Å². The number of halogens is 3. The molecule has 2 aromatic rings. The first-order valence-electron chi connectivity index (χ1n) is 15.0. The van der Waals surface area contributed by atoms with Crippen LogP contribution in [0.5, 0.6) is 11.5 Å². The molecule has 0 aliphatic carbocycles. The second-order valence-corrected chi connectivity index (χ2v) is 11.5. The van der Waals surface area contributed by atoms with Crippen molar-refractivity contribution in [3.8, 4) is 11.5 Å². The summed E-state index contributed by atoms with van der Waals surface area (Å²) in [7, 11) is 0. The third-order valence-electron chi connectivity index (χ3n) is 7.92. The molecule has 3 N–H and O–H groups in total. The maximum absolute atomic E-state index is 13.6. The van der Waals surface area contributed by atoms with Crippen LogP contribution in [-0.4, -0.2) is 47.6 Å². The molecule has 3 atom stereocenters. The lowest BCUT2D eigenvalue weighted by molar-refractivity contribution is -0.130. The monoisotopic (exact) mass is 602 g/mol. The Hall–Kier alpha value is -3.76. The zero-order chi connectivity index (χ0) is 31.3. The van der Waals surface area contributed by atoms with Crippen molar-refractivity contribution >= 4 is 17.8 Å². The number of hydrogen-bond acceptors (Lipinski definition) is 6. The normalized spacial score (nSPS) is 24.0. The third kappa shape index (κ3) is 7.61. The highest BCUT2D eigenvalue weighted by molar-refractivity contribution is 5.99. The van der Waals surface area contributed by atoms with E-state index in [-0.39, 0.29) is 35.9 Å². The maximum atomic E-state index is 13.6. The molecule has 7 rings (SSSR count). The molecule has 0 aromatic heterocycles. The SMILES string of the molecule is CC.CC1(C)CC2NC(=O)c3ccc4c(c3)[C@@H](CCO4)N3C(=O)CC(CCCCc4ccc(c2c4)O1)N=C3N.FC(F)F. The van der Waals surface area contributed by atoms with E-state index in [1.165, 1.54) is 5.56 Å². The highest BCUT2D eigenvalue weighted by Crippen LogP contribution is 2.41. The predicted molar refractivity (Wildman–Crippen MR) is 158 cm³/mol. The van der Waals surface area contributed by atoms with E-state index in [0.717, 1.165) is 42.6 Å². The molecular formula is C32H41F3N4O4. The Labute approximate surface area is 250 Å². The van der Waals surface area contributed by atoms with Gasteiger partial charge in [0.05, 0.1) is 24.7 Å². The average Bonchev–Trinajstić information content (AvgIpc) is 2.95. The number of nitrogens with one attached hydrogen (secondary N) is 1. The topological polar surface area (TPSA) is 106 Å². The van der Waals surface area contributed by atoms with Gasteiger partial charge in [0, 0.05) is 36.0 Å². The molecule has 0 spiro atoms. The van der Waals surface area contributed by atoms with Gasteiger partial charge < -0.3 is 20.5 Å². The number of aryl methyl sites for hydroxylation is 1. The number of carbonyl (C=O) groups is 2. The number of ether oxygens (including phenoxy) is 2. The molecule has 5 aliphatic rings. The van der Waals surface area contributed by atoms with Crippen LogP contribution in [0.1, 0.15) is 105 Å². The van der Waals surface area contributed by atoms with Crippen LogP contribution in [0.4, 0.5) is 13.2 Å². The van der Waals surface area contributed by atoms with Crippen LogP contribution in [0.3, 0.4) is 0 Å². The van der Waals surface area contributed by atoms with E-state index in [0.29, 0.717) is 37.2 Å². The van der Waals surface area contributed by atoms with Gasteiger partial charge in [0.15, 0.2) is 5.96 Å². The summed E-state index contributed by atoms with van der Waals surface area (Å²) < 4.78 is 41.2. The molecule has 234 valence electrons. The lowest BCUT2D eigenvalue weighted by atomic mass is 9.88. The lowest BCUT2D eigenvalue weighted by Gasteiger charge is -2.39. The second-order valence-electron chi connectivity index (χ2n) is 11.5. The van der Waals surface area contributed by atoms with Gasteiger partial charge in [0.1, 0.15) is 17.1 Å². The summed E-state index contributed by atoms with van der Waals surface area (Å²) in [5.74, 6) is 1.58. The lowest BCUT2D eigenvalue weighted by Crippen LogP contribution is -2.50. The van der Waals surface area contributed by atoms with Gasteiger partial charge >= 0.3 is 6.68 Å². The van der Waals surface area contributed by atoms with Crippen molar-refractivity contribution in [3.05, 3.63) is 58.7 Å². The Kier molecular flexibility index (Phi) is 10.2. The van der Waals surface area contributed by atoms with Crippen molar-refractivity contribution < 1.29 is 32.2 Å². The Bertz CT molecular complexity index is 1350. The molecule has 2 unspecified atom stereocenters. The molecular weight excluding hydrogens is 561 g/mol. The second kappa shape index (κ2) is 13.7. The number of rotatable bonds is 0. The number of benzene rings is 2. The molecule has 0 saturated carbocycles. The summed E-state index contributed by atoms with van der Waals surface area (Å²) in [4.78, 5) is 33.2. The molecule has 0 fully saturated rings. The Morgan fingerprint density at radius 2 is 1.74 bits per heavy atom. The zero-order valence-corrected chi connectivity index (χ0v) is 25.2. The molecule has 2 amide bonds. The Balaban J connectivity index is 0.000000653. The molecule has 43 heavy (non-hydrogen) atoms. The van der Waals surface area contributed by atoms with Crippen LogP contribution in [0, 0.1) is 0 Å². The summed E-state index contributed by atoms with van der Waals surface area (Å²) >= 11 is 0. The largest absolute Gasteiger partial charge is 0.493 e. The van der Waals surface area contributed by atoms with Crippen LogP contribution in [0.15, 0.2) is 41.4 Å². The van der Waals surface area contributed by atoms with Gasteiger partial charge in [-0.15, -0.1) is 0 Å². The van der Waals surface area contributed by atoms with Crippen LogP contribution in [-0.2, 0) is 11.2 Å². The average molecular weight is 603 g/mol. The van der Waals surface area contributed by atoms with E-state index in [4.69, 9.17) is 20.2 Å². The number of alkyl halides is 3. The number of aliphatic imine (C=N–C) groups is 1. The predicted octanol–water partition coefficient (Wildman–Crippen LogP) is 6.39. The molecule has 6 bridgehead atoms. The van der Waals surface area contributed by atoms with Crippen LogP contribution in [0.2, 0.25) is 0 Å². The summed E-state index contributed by atoms with van der Waals surface area (Å²) in [6, 6.07) is 11.2. The first-order valence-corrected chi connectivity index (χ1v) is 15.0. The van der Waals surface area contributed by atoms with Crippen LogP contribution in [0.25, 0.3) is 0 Å². The van der Waals surface area contributed by atoms with Gasteiger partial charge in [-0.05, 0) is 62.9 Å². The summed E-state index contributed by atoms with van der Waals surface area (Å²) in [5, 5.41) is 3.27. The smallest absolute Gasteiger partial charge is 0.379 e. The van der Waals surface area contributed by atoms with Gasteiger partial charge in [-0.1, -0.05) is 32.4 Å². The minimum Gasteiger partial charge on any atom is -0.493 e. The third-order valence-corrected chi connectivity index (χ3v) is 7.92. The molecule has 2 aromatic carbocycles. The first kappa shape index (κ1) is 32.2. The fourth-order valence-electron chi connectivity index (χ4n) is 6.15. The standard InChI is InChI=1S/C29H34N4O4.C2H6.CHF3/c1-29(2)16-22-20-13-17(7-9-25(20)37-29)5-3-4-6-19-15-26(34)33(28(30)31-19)23-11-12-36-24-10-8-18(14-21(23)24)27(35)32-22;1-2;2-1(3)4/h7-10,13-14,19,22-23H,3-6,11-12,15-16H2,1-2H3,(H2,30,31)(H,32,35);1-2H3;1H/t19?,22?,23-;;/m1../s1. The quantitative estimate of drug-likeness (QED) is 0.364. The van der Waals surface area contributed by atoms with Gasteiger partial charge in [0.25, 0.3) is 5.91 Å². The summed E-state index contributed by atoms with van der Waals surface area (Å²) in [5.41, 5.74) is 9.53. The van der Waals surface area contributed by atoms with E-state index in [2.05, 4.69) is 31.3 Å². The highest BCUT2D eigenvalue weighted by atomic mass is 19.4. The van der Waals surface area contributed by atoms with Crippen molar-refractivity contribution in [1.82, 2.24) is 10.2 Å². The molecule has 5 heterocycles. The van der Waals surface area contributed by atoms with Crippen molar-refractivity contribution in [2.75, 3.05) is 6.61 Å². The number of amides is 2. The number of fused-ring (bicyclic) bond motifs is 5. The number of guanidine groups is 1. The van der Waals surface area contributed by atoms with Crippen molar-refractivity contribution in [2.45, 2.75) is 103 Å². The molecule has 8 nitrogen and oxygen atoms in total. The summed E-state index contributed by atoms with van der Waals surface area (Å²) in [6.07, 6.45) is 5.30. The fraction of sp³-hybridized carbons (Fsp3) is 0.531. The minimum atomic E-state index is -3.67. The molecule has 0 saturated heterocycles. The number of carbonyl (C=O) groups excluding carboxylic acids is 2. The molecule has 5 aliphatic heterocycles. The summed E-state index contributed by atoms with van der Waals surface area (Å²) in [6.45, 7) is 4.91. The van der Waals surface area contributed by atoms with E-state index in [1.54, 1.807) is 11.0 Å². The van der Waals surface area contributed by atoms with E-state index >= 15 is 0 Å². The molecule has 11 heteroatoms. The van der Waals surface area contributed by atoms with E-state index in [9.17, 15) is 22.8 Å². The van der Waals surface area contributed by atoms with Crippen molar-refractivity contribution in [3.63, 3.8) is 0 Å². The molecule has 0 radical (unpaired) electrons. The number of hydrogen-bond donors (Lipinski definition) is 2. The zero-order valence-electron chi connectivity index (χ0n) is 25.2. The minimum absolute atomic E-state index is 0.0176. The fourth-order valence-corrected chi connectivity index (χ4v) is 6.15. The Morgan fingerprint density at radius 1 is 1.02 bits per heavy atom. The van der Waals surface area contributed by atoms with Crippen LogP contribution < -0.4 is 20.5 Å². The maximum Gasteiger partial charge on any atom is 0.379 e. The number of nitrogens with two attached hydrogens (primary N) is 1. The van der Waals surface area contributed by atoms with Crippen LogP contribution >= 0.6 is 0 Å². The van der Waals surface area contributed by atoms with Crippen molar-refractivity contribution in [2.24, 2.45) is 10.7 Å².